The number of amides is 1. The van der Waals surface area contributed by atoms with Gasteiger partial charge in [-0.1, -0.05) is 18.2 Å². The lowest BCUT2D eigenvalue weighted by molar-refractivity contribution is -0.116. The molecule has 0 heterocycles. The molecular formula is C18H23N3O4S. The van der Waals surface area contributed by atoms with E-state index in [1.54, 1.807) is 31.2 Å². The Hall–Kier alpha value is -2.74. The largest absolute Gasteiger partial charge is 0.494 e. The molecule has 2 aromatic rings. The molecule has 0 aliphatic carbocycles. The van der Waals surface area contributed by atoms with Crippen molar-refractivity contribution < 1.29 is 17.9 Å². The lowest BCUT2D eigenvalue weighted by atomic mass is 10.1. The van der Waals surface area contributed by atoms with Crippen molar-refractivity contribution in [1.29, 1.82) is 0 Å². The van der Waals surface area contributed by atoms with Crippen LogP contribution in [-0.2, 0) is 21.2 Å². The van der Waals surface area contributed by atoms with Crippen molar-refractivity contribution in [2.24, 2.45) is 0 Å². The topological polar surface area (TPSA) is 111 Å². The Morgan fingerprint density at radius 1 is 1.19 bits per heavy atom. The van der Waals surface area contributed by atoms with Gasteiger partial charge in [-0.2, -0.15) is 0 Å². The van der Waals surface area contributed by atoms with Crippen molar-refractivity contribution in [3.8, 4) is 5.75 Å². The average molecular weight is 377 g/mol. The fraction of sp³-hybridized carbons (Fsp3) is 0.278. The van der Waals surface area contributed by atoms with E-state index in [1.165, 1.54) is 7.11 Å². The standard InChI is InChI=1S/C18H23N3O4S/c1-3-26(23,24)21-16-10-9-14(12-17(16)25-2)20-18(22)11-8-13-6-4-5-7-15(13)19/h4-7,9-10,12,21H,3,8,11,19H2,1-2H3,(H,20,22). The normalized spacial score (nSPS) is 11.0. The van der Waals surface area contributed by atoms with Gasteiger partial charge in [0.25, 0.3) is 0 Å². The van der Waals surface area contributed by atoms with Crippen LogP contribution in [0.3, 0.4) is 0 Å². The summed E-state index contributed by atoms with van der Waals surface area (Å²) in [5.41, 5.74) is 8.30. The minimum Gasteiger partial charge on any atom is -0.494 e. The summed E-state index contributed by atoms with van der Waals surface area (Å²) in [4.78, 5) is 12.2. The number of nitrogens with one attached hydrogen (secondary N) is 2. The van der Waals surface area contributed by atoms with Gasteiger partial charge < -0.3 is 15.8 Å². The van der Waals surface area contributed by atoms with E-state index >= 15 is 0 Å². The Morgan fingerprint density at radius 3 is 2.58 bits per heavy atom. The zero-order valence-electron chi connectivity index (χ0n) is 14.8. The number of ether oxygens (including phenoxy) is 1. The molecule has 0 fully saturated rings. The lowest BCUT2D eigenvalue weighted by Gasteiger charge is -2.13. The lowest BCUT2D eigenvalue weighted by Crippen LogP contribution is -2.16. The summed E-state index contributed by atoms with van der Waals surface area (Å²) in [6.07, 6.45) is 0.810. The molecule has 0 spiro atoms. The second-order valence-corrected chi connectivity index (χ2v) is 7.68. The van der Waals surface area contributed by atoms with Crippen LogP contribution in [0.2, 0.25) is 0 Å². The zero-order chi connectivity index (χ0) is 19.2. The summed E-state index contributed by atoms with van der Waals surface area (Å²) in [6.45, 7) is 1.54. The summed E-state index contributed by atoms with van der Waals surface area (Å²) in [5.74, 6) is 0.112. The number of rotatable bonds is 8. The van der Waals surface area contributed by atoms with Crippen LogP contribution in [0.5, 0.6) is 5.75 Å². The van der Waals surface area contributed by atoms with Gasteiger partial charge in [0.1, 0.15) is 5.75 Å². The summed E-state index contributed by atoms with van der Waals surface area (Å²) < 4.78 is 31.1. The van der Waals surface area contributed by atoms with Crippen LogP contribution >= 0.6 is 0 Å². The molecule has 0 aromatic heterocycles. The maximum absolute atomic E-state index is 12.2. The summed E-state index contributed by atoms with van der Waals surface area (Å²) in [5, 5.41) is 2.77. The van der Waals surface area contributed by atoms with Crippen LogP contribution in [-0.4, -0.2) is 27.2 Å². The molecule has 0 saturated carbocycles. The first-order valence-electron chi connectivity index (χ1n) is 8.16. The average Bonchev–Trinajstić information content (AvgIpc) is 2.62. The minimum absolute atomic E-state index is 0.0444. The van der Waals surface area contributed by atoms with Gasteiger partial charge in [-0.25, -0.2) is 8.42 Å². The molecule has 4 N–H and O–H groups in total. The molecule has 0 radical (unpaired) electrons. The molecule has 1 amide bonds. The van der Waals surface area contributed by atoms with Crippen molar-refractivity contribution in [1.82, 2.24) is 0 Å². The molecule has 140 valence electrons. The number of benzene rings is 2. The Kier molecular flexibility index (Phi) is 6.46. The van der Waals surface area contributed by atoms with Gasteiger partial charge in [0.05, 0.1) is 18.6 Å². The first-order valence-corrected chi connectivity index (χ1v) is 9.81. The Labute approximate surface area is 153 Å². The van der Waals surface area contributed by atoms with Crippen LogP contribution in [0, 0.1) is 0 Å². The fourth-order valence-electron chi connectivity index (χ4n) is 2.33. The number of carbonyl (C=O) groups is 1. The van der Waals surface area contributed by atoms with Crippen LogP contribution < -0.4 is 20.5 Å². The van der Waals surface area contributed by atoms with E-state index in [0.29, 0.717) is 29.2 Å². The van der Waals surface area contributed by atoms with Gasteiger partial charge in [-0.15, -0.1) is 0 Å². The summed E-state index contributed by atoms with van der Waals surface area (Å²) >= 11 is 0. The van der Waals surface area contributed by atoms with Gasteiger partial charge in [-0.3, -0.25) is 9.52 Å². The van der Waals surface area contributed by atoms with Gasteiger partial charge in [0, 0.05) is 23.9 Å². The van der Waals surface area contributed by atoms with E-state index in [1.807, 2.05) is 18.2 Å². The molecule has 0 atom stereocenters. The first kappa shape index (κ1) is 19.6. The highest BCUT2D eigenvalue weighted by Gasteiger charge is 2.13. The van der Waals surface area contributed by atoms with Gasteiger partial charge in [0.15, 0.2) is 0 Å². The number of nitrogens with two attached hydrogens (primary N) is 1. The van der Waals surface area contributed by atoms with Crippen LogP contribution in [0.4, 0.5) is 17.1 Å². The molecule has 26 heavy (non-hydrogen) atoms. The number of aryl methyl sites for hydroxylation is 1. The molecule has 0 aliphatic heterocycles. The zero-order valence-corrected chi connectivity index (χ0v) is 15.6. The Bertz CT molecular complexity index is 882. The predicted octanol–water partition coefficient (Wildman–Crippen LogP) is 2.61. The number of hydrogen-bond donors (Lipinski definition) is 3. The van der Waals surface area contributed by atoms with E-state index in [9.17, 15) is 13.2 Å². The highest BCUT2D eigenvalue weighted by atomic mass is 32.2. The smallest absolute Gasteiger partial charge is 0.232 e. The molecule has 7 nitrogen and oxygen atoms in total. The SMILES string of the molecule is CCS(=O)(=O)Nc1ccc(NC(=O)CCc2ccccc2N)cc1OC. The second-order valence-electron chi connectivity index (χ2n) is 5.67. The van der Waals surface area contributed by atoms with Crippen molar-refractivity contribution in [3.05, 3.63) is 48.0 Å². The maximum atomic E-state index is 12.2. The van der Waals surface area contributed by atoms with E-state index in [0.717, 1.165) is 5.56 Å². The van der Waals surface area contributed by atoms with E-state index in [-0.39, 0.29) is 18.1 Å². The number of methoxy groups -OCH3 is 1. The van der Waals surface area contributed by atoms with Crippen LogP contribution in [0.15, 0.2) is 42.5 Å². The Balaban J connectivity index is 2.03. The van der Waals surface area contributed by atoms with Gasteiger partial charge in [0.2, 0.25) is 15.9 Å². The minimum atomic E-state index is -3.41. The highest BCUT2D eigenvalue weighted by Crippen LogP contribution is 2.29. The van der Waals surface area contributed by atoms with Crippen molar-refractivity contribution in [2.75, 3.05) is 28.6 Å². The molecule has 2 aromatic carbocycles. The predicted molar refractivity (Wildman–Crippen MR) is 104 cm³/mol. The number of anilines is 3. The molecule has 8 heteroatoms. The van der Waals surface area contributed by atoms with Crippen molar-refractivity contribution >= 4 is 33.0 Å². The van der Waals surface area contributed by atoms with E-state index < -0.39 is 10.0 Å². The number of sulfonamides is 1. The van der Waals surface area contributed by atoms with Crippen LogP contribution in [0.25, 0.3) is 0 Å². The molecule has 0 saturated heterocycles. The number of carbonyl (C=O) groups excluding carboxylic acids is 1. The molecule has 0 bridgehead atoms. The van der Waals surface area contributed by atoms with Crippen molar-refractivity contribution in [3.63, 3.8) is 0 Å². The third kappa shape index (κ3) is 5.38. The fourth-order valence-corrected chi connectivity index (χ4v) is 2.97. The van der Waals surface area contributed by atoms with Crippen molar-refractivity contribution in [2.45, 2.75) is 19.8 Å². The second kappa shape index (κ2) is 8.57. The Morgan fingerprint density at radius 2 is 1.92 bits per heavy atom. The maximum Gasteiger partial charge on any atom is 0.232 e. The quantitative estimate of drug-likeness (QED) is 0.613. The van der Waals surface area contributed by atoms with E-state index in [2.05, 4.69) is 10.0 Å². The first-order chi connectivity index (χ1) is 12.3. The molecule has 2 rings (SSSR count). The van der Waals surface area contributed by atoms with Gasteiger partial charge in [-0.05, 0) is 37.1 Å². The monoisotopic (exact) mass is 377 g/mol. The molecule has 0 aliphatic rings. The highest BCUT2D eigenvalue weighted by molar-refractivity contribution is 7.92. The summed E-state index contributed by atoms with van der Waals surface area (Å²) in [7, 11) is -1.98. The number of nitrogen functional groups attached to an aromatic ring is 1. The molecule has 0 unspecified atom stereocenters. The number of para-hydroxylation sites is 1. The third-order valence-corrected chi connectivity index (χ3v) is 5.10. The van der Waals surface area contributed by atoms with Gasteiger partial charge >= 0.3 is 0 Å². The number of hydrogen-bond acceptors (Lipinski definition) is 5. The summed E-state index contributed by atoms with van der Waals surface area (Å²) in [6, 6.07) is 12.2. The third-order valence-electron chi connectivity index (χ3n) is 3.81. The van der Waals surface area contributed by atoms with Crippen LogP contribution in [0.1, 0.15) is 18.9 Å². The van der Waals surface area contributed by atoms with E-state index in [4.69, 9.17) is 10.5 Å². The molecular weight excluding hydrogens is 354 g/mol.